The van der Waals surface area contributed by atoms with Crippen LogP contribution in [0.2, 0.25) is 0 Å². The lowest BCUT2D eigenvalue weighted by Gasteiger charge is -2.07. The Balaban J connectivity index is 0.00000106. The van der Waals surface area contributed by atoms with Crippen molar-refractivity contribution in [3.8, 4) is 5.75 Å². The molecule has 6 nitrogen and oxygen atoms in total. The molecule has 0 unspecified atom stereocenters. The second-order valence-electron chi connectivity index (χ2n) is 3.68. The first-order valence-corrected chi connectivity index (χ1v) is 7.72. The molecule has 2 aromatic heterocycles. The lowest BCUT2D eigenvalue weighted by Crippen LogP contribution is -2.01. The molecule has 0 fully saturated rings. The maximum Gasteiger partial charge on any atom is 0.156 e. The molecule has 4 N–H and O–H groups in total. The highest BCUT2D eigenvalue weighted by Crippen LogP contribution is 2.30. The second kappa shape index (κ2) is 8.21. The molecule has 7 heteroatoms. The molecule has 0 spiro atoms. The van der Waals surface area contributed by atoms with Gasteiger partial charge in [-0.2, -0.15) is 0 Å². The van der Waals surface area contributed by atoms with Crippen LogP contribution in [0.25, 0.3) is 5.65 Å². The fourth-order valence-corrected chi connectivity index (χ4v) is 2.12. The highest BCUT2D eigenvalue weighted by molar-refractivity contribution is 7.98. The molecule has 0 aliphatic heterocycles. The lowest BCUT2D eigenvalue weighted by atomic mass is 10.4. The van der Waals surface area contributed by atoms with Gasteiger partial charge in [0, 0.05) is 18.5 Å². The summed E-state index contributed by atoms with van der Waals surface area (Å²) in [5, 5.41) is 0. The van der Waals surface area contributed by atoms with Gasteiger partial charge in [0.15, 0.2) is 5.82 Å². The lowest BCUT2D eigenvalue weighted by molar-refractivity contribution is 0.404. The molecule has 2 heterocycles. The molecular formula is C14H21N5OS. The van der Waals surface area contributed by atoms with E-state index in [0.717, 1.165) is 16.3 Å². The van der Waals surface area contributed by atoms with Gasteiger partial charge >= 0.3 is 0 Å². The largest absolute Gasteiger partial charge is 0.495 e. The van der Waals surface area contributed by atoms with Gasteiger partial charge in [-0.25, -0.2) is 9.98 Å². The predicted molar refractivity (Wildman–Crippen MR) is 89.5 cm³/mol. The van der Waals surface area contributed by atoms with Crippen molar-refractivity contribution in [3.05, 3.63) is 30.4 Å². The van der Waals surface area contributed by atoms with Crippen LogP contribution in [0.15, 0.2) is 40.2 Å². The first-order chi connectivity index (χ1) is 10.2. The zero-order valence-corrected chi connectivity index (χ0v) is 13.5. The van der Waals surface area contributed by atoms with E-state index in [1.807, 2.05) is 36.8 Å². The van der Waals surface area contributed by atoms with Crippen molar-refractivity contribution in [2.45, 2.75) is 18.7 Å². The summed E-state index contributed by atoms with van der Waals surface area (Å²) in [6.07, 6.45) is 8.37. The Bertz CT molecular complexity index is 648. The molecule has 2 aromatic rings. The zero-order valence-electron chi connectivity index (χ0n) is 12.7. The number of nitrogens with zero attached hydrogens (tertiary/aromatic N) is 3. The van der Waals surface area contributed by atoms with Gasteiger partial charge < -0.3 is 16.2 Å². The van der Waals surface area contributed by atoms with Crippen molar-refractivity contribution in [2.24, 2.45) is 16.5 Å². The third-order valence-electron chi connectivity index (χ3n) is 2.53. The van der Waals surface area contributed by atoms with Crippen LogP contribution in [0, 0.1) is 0 Å². The summed E-state index contributed by atoms with van der Waals surface area (Å²) in [5.74, 6) is 1.47. The normalized spacial score (nSPS) is 11.5. The maximum absolute atomic E-state index is 5.57. The average molecular weight is 307 g/mol. The highest BCUT2D eigenvalue weighted by Gasteiger charge is 2.08. The maximum atomic E-state index is 5.57. The molecule has 0 saturated carbocycles. The number of pyridine rings is 1. The SMILES string of the molecule is CC.COc1cc2ncc(/N=C/C(N)=C\N)n2cc1SC. The van der Waals surface area contributed by atoms with Crippen LogP contribution < -0.4 is 16.2 Å². The number of aromatic nitrogens is 2. The summed E-state index contributed by atoms with van der Waals surface area (Å²) in [4.78, 5) is 9.53. The summed E-state index contributed by atoms with van der Waals surface area (Å²) >= 11 is 1.59. The van der Waals surface area contributed by atoms with Gasteiger partial charge in [0.05, 0.1) is 30.1 Å². The smallest absolute Gasteiger partial charge is 0.156 e. The Kier molecular flexibility index (Phi) is 6.61. The monoisotopic (exact) mass is 307 g/mol. The number of ether oxygens (including phenoxy) is 1. The van der Waals surface area contributed by atoms with Gasteiger partial charge in [-0.05, 0) is 6.26 Å². The van der Waals surface area contributed by atoms with Crippen LogP contribution in [0.5, 0.6) is 5.75 Å². The van der Waals surface area contributed by atoms with E-state index in [-0.39, 0.29) is 0 Å². The van der Waals surface area contributed by atoms with Gasteiger partial charge in [0.25, 0.3) is 0 Å². The highest BCUT2D eigenvalue weighted by atomic mass is 32.2. The van der Waals surface area contributed by atoms with Crippen LogP contribution in [-0.4, -0.2) is 29.0 Å². The van der Waals surface area contributed by atoms with E-state index in [9.17, 15) is 0 Å². The minimum atomic E-state index is 0.397. The molecule has 21 heavy (non-hydrogen) atoms. The summed E-state index contributed by atoms with van der Waals surface area (Å²) in [7, 11) is 1.64. The molecule has 0 aliphatic rings. The van der Waals surface area contributed by atoms with Gasteiger partial charge in [0.2, 0.25) is 0 Å². The van der Waals surface area contributed by atoms with Crippen molar-refractivity contribution < 1.29 is 4.74 Å². The predicted octanol–water partition coefficient (Wildman–Crippen LogP) is 2.55. The van der Waals surface area contributed by atoms with Crippen molar-refractivity contribution in [1.29, 1.82) is 0 Å². The number of nitrogens with two attached hydrogens (primary N) is 2. The summed E-state index contributed by atoms with van der Waals surface area (Å²) < 4.78 is 7.18. The molecule has 114 valence electrons. The Morgan fingerprint density at radius 3 is 2.76 bits per heavy atom. The molecule has 0 aromatic carbocycles. The molecular weight excluding hydrogens is 286 g/mol. The van der Waals surface area contributed by atoms with Gasteiger partial charge in [-0.3, -0.25) is 4.40 Å². The number of hydrogen-bond donors (Lipinski definition) is 2. The zero-order chi connectivity index (χ0) is 15.8. The average Bonchev–Trinajstić information content (AvgIpc) is 2.94. The summed E-state index contributed by atoms with van der Waals surface area (Å²) in [6, 6.07) is 1.87. The van der Waals surface area contributed by atoms with Crippen LogP contribution >= 0.6 is 11.8 Å². The van der Waals surface area contributed by atoms with Crippen molar-refractivity contribution in [3.63, 3.8) is 0 Å². The summed E-state index contributed by atoms with van der Waals surface area (Å²) in [6.45, 7) is 4.00. The van der Waals surface area contributed by atoms with E-state index < -0.39 is 0 Å². The number of thioether (sulfide) groups is 1. The quantitative estimate of drug-likeness (QED) is 0.669. The summed E-state index contributed by atoms with van der Waals surface area (Å²) in [5.41, 5.74) is 12.0. The minimum absolute atomic E-state index is 0.397. The molecule has 0 atom stereocenters. The van der Waals surface area contributed by atoms with Gasteiger partial charge in [-0.15, -0.1) is 11.8 Å². The van der Waals surface area contributed by atoms with Gasteiger partial charge in [0.1, 0.15) is 11.4 Å². The first-order valence-electron chi connectivity index (χ1n) is 6.50. The number of methoxy groups -OCH3 is 1. The fraction of sp³-hybridized carbons (Fsp3) is 0.286. The van der Waals surface area contributed by atoms with Crippen LogP contribution in [0.3, 0.4) is 0 Å². The number of rotatable bonds is 4. The molecule has 0 bridgehead atoms. The van der Waals surface area contributed by atoms with Crippen LogP contribution in [-0.2, 0) is 0 Å². The van der Waals surface area contributed by atoms with E-state index >= 15 is 0 Å². The Morgan fingerprint density at radius 2 is 2.19 bits per heavy atom. The Hall–Kier alpha value is -2.15. The van der Waals surface area contributed by atoms with Crippen LogP contribution in [0.1, 0.15) is 13.8 Å². The molecule has 0 aliphatic carbocycles. The topological polar surface area (TPSA) is 90.9 Å². The molecule has 0 amide bonds. The van der Waals surface area contributed by atoms with E-state index in [4.69, 9.17) is 16.2 Å². The molecule has 2 rings (SSSR count). The second-order valence-corrected chi connectivity index (χ2v) is 4.53. The fourth-order valence-electron chi connectivity index (χ4n) is 1.57. The van der Waals surface area contributed by atoms with E-state index in [2.05, 4.69) is 9.98 Å². The van der Waals surface area contributed by atoms with Gasteiger partial charge in [-0.1, -0.05) is 13.8 Å². The number of aliphatic imine (C=N–C) groups is 1. The third kappa shape index (κ3) is 3.91. The number of imidazole rings is 1. The van der Waals surface area contributed by atoms with Crippen LogP contribution in [0.4, 0.5) is 5.82 Å². The molecule has 0 saturated heterocycles. The Labute approximate surface area is 128 Å². The third-order valence-corrected chi connectivity index (χ3v) is 3.28. The first kappa shape index (κ1) is 16.9. The Morgan fingerprint density at radius 1 is 1.48 bits per heavy atom. The van der Waals surface area contributed by atoms with E-state index in [1.165, 1.54) is 12.4 Å². The minimum Gasteiger partial charge on any atom is -0.495 e. The van der Waals surface area contributed by atoms with E-state index in [1.54, 1.807) is 25.1 Å². The number of allylic oxidation sites excluding steroid dienone is 1. The van der Waals surface area contributed by atoms with Crippen molar-refractivity contribution in [2.75, 3.05) is 13.4 Å². The van der Waals surface area contributed by atoms with Crippen molar-refractivity contribution >= 4 is 29.4 Å². The number of fused-ring (bicyclic) bond motifs is 1. The molecule has 0 radical (unpaired) electrons. The van der Waals surface area contributed by atoms with E-state index in [0.29, 0.717) is 11.5 Å². The standard InChI is InChI=1S/C12H15N5OS.C2H6/c1-18-9-3-11-16-6-12(15-5-8(14)4-13)17(11)7-10(9)19-2;1-2/h3-7H,13-14H2,1-2H3;1-2H3/b8-4+,15-5+;. The van der Waals surface area contributed by atoms with Crippen molar-refractivity contribution in [1.82, 2.24) is 9.38 Å². The number of hydrogen-bond acceptors (Lipinski definition) is 6.